The first-order valence-corrected chi connectivity index (χ1v) is 8.63. The van der Waals surface area contributed by atoms with Crippen molar-refractivity contribution in [2.75, 3.05) is 5.73 Å². The summed E-state index contributed by atoms with van der Waals surface area (Å²) in [6.07, 6.45) is 1.98. The third-order valence-corrected chi connectivity index (χ3v) is 4.94. The zero-order valence-electron chi connectivity index (χ0n) is 14.5. The molecular formula is C21H14N4O3. The third kappa shape index (κ3) is 2.20. The number of pyridine rings is 1. The fraction of sp³-hybridized carbons (Fsp3) is 0. The van der Waals surface area contributed by atoms with Crippen molar-refractivity contribution < 1.29 is 9.59 Å². The van der Waals surface area contributed by atoms with Crippen molar-refractivity contribution in [1.82, 2.24) is 14.5 Å². The van der Waals surface area contributed by atoms with Crippen molar-refractivity contribution in [2.45, 2.75) is 0 Å². The number of anilines is 1. The fourth-order valence-electron chi connectivity index (χ4n) is 3.62. The van der Waals surface area contributed by atoms with Crippen LogP contribution < -0.4 is 16.6 Å². The Balaban J connectivity index is 1.63. The van der Waals surface area contributed by atoms with Crippen molar-refractivity contribution in [1.29, 1.82) is 0 Å². The lowest BCUT2D eigenvalue weighted by molar-refractivity contribution is 0.0880. The Morgan fingerprint density at radius 3 is 2.32 bits per heavy atom. The molecule has 0 spiro atoms. The van der Waals surface area contributed by atoms with Gasteiger partial charge in [0.25, 0.3) is 17.4 Å². The summed E-state index contributed by atoms with van der Waals surface area (Å²) in [7, 11) is 0. The van der Waals surface area contributed by atoms with Gasteiger partial charge in [-0.25, -0.2) is 0 Å². The maximum Gasteiger partial charge on any atom is 0.262 e. The predicted molar refractivity (Wildman–Crippen MR) is 105 cm³/mol. The average molecular weight is 370 g/mol. The maximum absolute atomic E-state index is 12.5. The molecule has 0 fully saturated rings. The Morgan fingerprint density at radius 1 is 0.821 bits per heavy atom. The smallest absolute Gasteiger partial charge is 0.262 e. The van der Waals surface area contributed by atoms with Crippen molar-refractivity contribution in [3.05, 3.63) is 88.3 Å². The zero-order chi connectivity index (χ0) is 19.4. The highest BCUT2D eigenvalue weighted by Gasteiger charge is 2.31. The number of fused-ring (bicyclic) bond motifs is 2. The molecule has 0 saturated carbocycles. The van der Waals surface area contributed by atoms with Gasteiger partial charge >= 0.3 is 0 Å². The highest BCUT2D eigenvalue weighted by Crippen LogP contribution is 2.24. The van der Waals surface area contributed by atoms with E-state index in [1.54, 1.807) is 12.1 Å². The molecule has 136 valence electrons. The predicted octanol–water partition coefficient (Wildman–Crippen LogP) is 2.25. The molecule has 0 saturated heterocycles. The molecule has 3 heterocycles. The first kappa shape index (κ1) is 16.1. The second kappa shape index (κ2) is 5.68. The van der Waals surface area contributed by atoms with Crippen LogP contribution in [0.4, 0.5) is 5.82 Å². The van der Waals surface area contributed by atoms with Crippen molar-refractivity contribution >= 4 is 28.5 Å². The van der Waals surface area contributed by atoms with Gasteiger partial charge in [-0.3, -0.25) is 24.3 Å². The largest absolute Gasteiger partial charge is 0.384 e. The number of nitrogens with zero attached hydrogens (tertiary/aromatic N) is 2. The van der Waals surface area contributed by atoms with Crippen LogP contribution in [0.25, 0.3) is 22.3 Å². The Morgan fingerprint density at radius 2 is 1.54 bits per heavy atom. The van der Waals surface area contributed by atoms with E-state index in [2.05, 4.69) is 5.32 Å². The molecule has 1 aliphatic heterocycles. The molecule has 28 heavy (non-hydrogen) atoms. The molecule has 7 heteroatoms. The summed E-state index contributed by atoms with van der Waals surface area (Å²) in [5.41, 5.74) is 8.15. The number of nitrogens with one attached hydrogen (secondary N) is 1. The fourth-order valence-corrected chi connectivity index (χ4v) is 3.62. The van der Waals surface area contributed by atoms with Crippen LogP contribution in [0.3, 0.4) is 0 Å². The number of hydrogen-bond donors (Lipinski definition) is 2. The number of nitrogens with two attached hydrogens (primary N) is 1. The van der Waals surface area contributed by atoms with Gasteiger partial charge in [-0.05, 0) is 41.8 Å². The Kier molecular flexibility index (Phi) is 3.26. The highest BCUT2D eigenvalue weighted by atomic mass is 16.2. The lowest BCUT2D eigenvalue weighted by atomic mass is 10.1. The molecule has 2 aromatic heterocycles. The van der Waals surface area contributed by atoms with Crippen molar-refractivity contribution in [3.63, 3.8) is 0 Å². The molecule has 2 amide bonds. The average Bonchev–Trinajstić information content (AvgIpc) is 3.23. The van der Waals surface area contributed by atoms with E-state index in [-0.39, 0.29) is 16.9 Å². The Bertz CT molecular complexity index is 1350. The second-order valence-electron chi connectivity index (χ2n) is 6.54. The monoisotopic (exact) mass is 370 g/mol. The normalized spacial score (nSPS) is 13.0. The number of carbonyl (C=O) groups excluding carboxylic acids is 2. The van der Waals surface area contributed by atoms with Gasteiger partial charge in [0.15, 0.2) is 0 Å². The number of imide groups is 1. The third-order valence-electron chi connectivity index (χ3n) is 4.94. The SMILES string of the molecule is Nc1c2c(cc(=O)n1-c1ccc(-n3ccc4ccccc43)cc1)C(=O)NC2=O. The van der Waals surface area contributed by atoms with Gasteiger partial charge in [-0.1, -0.05) is 18.2 Å². The molecule has 0 atom stereocenters. The van der Waals surface area contributed by atoms with Gasteiger partial charge in [-0.15, -0.1) is 0 Å². The quantitative estimate of drug-likeness (QED) is 0.529. The number of benzene rings is 2. The number of rotatable bonds is 2. The van der Waals surface area contributed by atoms with E-state index in [0.717, 1.165) is 22.7 Å². The number of carbonyl (C=O) groups is 2. The summed E-state index contributed by atoms with van der Waals surface area (Å²) in [5, 5.41) is 3.29. The summed E-state index contributed by atoms with van der Waals surface area (Å²) in [6, 6.07) is 18.4. The van der Waals surface area contributed by atoms with Gasteiger partial charge in [0.2, 0.25) is 0 Å². The van der Waals surface area contributed by atoms with Crippen molar-refractivity contribution in [3.8, 4) is 11.4 Å². The highest BCUT2D eigenvalue weighted by molar-refractivity contribution is 6.23. The van der Waals surface area contributed by atoms with Crippen LogP contribution in [0.15, 0.2) is 71.7 Å². The van der Waals surface area contributed by atoms with E-state index in [0.29, 0.717) is 5.69 Å². The second-order valence-corrected chi connectivity index (χ2v) is 6.54. The van der Waals surface area contributed by atoms with E-state index in [9.17, 15) is 14.4 Å². The molecule has 0 radical (unpaired) electrons. The zero-order valence-corrected chi connectivity index (χ0v) is 14.5. The Hall–Kier alpha value is -4.13. The van der Waals surface area contributed by atoms with Crippen LogP contribution in [-0.4, -0.2) is 20.9 Å². The molecular weight excluding hydrogens is 356 g/mol. The van der Waals surface area contributed by atoms with Gasteiger partial charge in [0.1, 0.15) is 5.82 Å². The topological polar surface area (TPSA) is 99.1 Å². The minimum absolute atomic E-state index is 0.0131. The number of nitrogen functional groups attached to an aromatic ring is 1. The molecule has 5 rings (SSSR count). The van der Waals surface area contributed by atoms with Crippen LogP contribution >= 0.6 is 0 Å². The Labute approximate surface area is 158 Å². The van der Waals surface area contributed by atoms with Crippen LogP contribution in [0, 0.1) is 0 Å². The summed E-state index contributed by atoms with van der Waals surface area (Å²) in [5.74, 6) is -1.25. The molecule has 2 aromatic carbocycles. The minimum atomic E-state index is -0.606. The molecule has 0 unspecified atom stereocenters. The van der Waals surface area contributed by atoms with Crippen LogP contribution in [0.1, 0.15) is 20.7 Å². The lowest BCUT2D eigenvalue weighted by Crippen LogP contribution is -2.24. The molecule has 4 aromatic rings. The van der Waals surface area contributed by atoms with E-state index < -0.39 is 17.4 Å². The van der Waals surface area contributed by atoms with Crippen LogP contribution in [-0.2, 0) is 0 Å². The molecule has 3 N–H and O–H groups in total. The molecule has 7 nitrogen and oxygen atoms in total. The van der Waals surface area contributed by atoms with Crippen molar-refractivity contribution in [2.24, 2.45) is 0 Å². The van der Waals surface area contributed by atoms with E-state index in [4.69, 9.17) is 5.73 Å². The van der Waals surface area contributed by atoms with Gasteiger partial charge in [0.05, 0.1) is 22.3 Å². The first-order chi connectivity index (χ1) is 13.5. The molecule has 0 bridgehead atoms. The summed E-state index contributed by atoms with van der Waals surface area (Å²) >= 11 is 0. The van der Waals surface area contributed by atoms with E-state index in [1.807, 2.05) is 53.2 Å². The number of hydrogen-bond acceptors (Lipinski definition) is 4. The number of aromatic nitrogens is 2. The van der Waals surface area contributed by atoms with Gasteiger partial charge in [0, 0.05) is 18.0 Å². The van der Waals surface area contributed by atoms with E-state index in [1.165, 1.54) is 4.57 Å². The first-order valence-electron chi connectivity index (χ1n) is 8.63. The molecule has 1 aliphatic rings. The van der Waals surface area contributed by atoms with Gasteiger partial charge in [-0.2, -0.15) is 0 Å². The number of para-hydroxylation sites is 1. The lowest BCUT2D eigenvalue weighted by Gasteiger charge is -2.13. The van der Waals surface area contributed by atoms with Gasteiger partial charge < -0.3 is 10.3 Å². The van der Waals surface area contributed by atoms with Crippen LogP contribution in [0.5, 0.6) is 0 Å². The minimum Gasteiger partial charge on any atom is -0.384 e. The summed E-state index contributed by atoms with van der Waals surface area (Å²) in [6.45, 7) is 0. The summed E-state index contributed by atoms with van der Waals surface area (Å²) < 4.78 is 3.27. The van der Waals surface area contributed by atoms with E-state index >= 15 is 0 Å². The summed E-state index contributed by atoms with van der Waals surface area (Å²) in [4.78, 5) is 36.3. The maximum atomic E-state index is 12.5. The molecule has 0 aliphatic carbocycles. The van der Waals surface area contributed by atoms with Crippen LogP contribution in [0.2, 0.25) is 0 Å². The standard InChI is InChI=1S/C21H14N4O3/c22-19-18-15(20(27)23-21(18)28)11-17(26)25(19)14-7-5-13(6-8-14)24-10-9-12-3-1-2-4-16(12)24/h1-11H,22H2,(H,23,27,28). The number of amides is 2.